The smallest absolute Gasteiger partial charge is 0.414 e. The van der Waals surface area contributed by atoms with Crippen molar-refractivity contribution in [1.29, 1.82) is 0 Å². The van der Waals surface area contributed by atoms with Gasteiger partial charge in [-0.15, -0.1) is 0 Å². The van der Waals surface area contributed by atoms with Crippen LogP contribution in [0.1, 0.15) is 26.2 Å². The molecule has 1 aromatic carbocycles. The number of cyclic esters (lactones) is 1. The Labute approximate surface area is 217 Å². The van der Waals surface area contributed by atoms with Gasteiger partial charge in [0.05, 0.1) is 31.6 Å². The van der Waals surface area contributed by atoms with Crippen molar-refractivity contribution in [3.63, 3.8) is 0 Å². The number of pyridine rings is 1. The number of benzene rings is 1. The van der Waals surface area contributed by atoms with Crippen LogP contribution in [0.25, 0.3) is 11.1 Å². The van der Waals surface area contributed by atoms with E-state index in [-0.39, 0.29) is 25.5 Å². The van der Waals surface area contributed by atoms with Crippen molar-refractivity contribution in [3.8, 4) is 11.1 Å². The van der Waals surface area contributed by atoms with Crippen LogP contribution >= 0.6 is 0 Å². The lowest BCUT2D eigenvalue weighted by Gasteiger charge is -2.27. The van der Waals surface area contributed by atoms with Crippen molar-refractivity contribution in [2.75, 3.05) is 36.0 Å². The average molecular weight is 528 g/mol. The largest absolute Gasteiger partial charge is 0.481 e. The highest BCUT2D eigenvalue weighted by atomic mass is 19.1. The maximum Gasteiger partial charge on any atom is 0.414 e. The molecular formula is C25H26FN5O7. The first kappa shape index (κ1) is 26.5. The number of hydrogen-bond acceptors (Lipinski definition) is 9. The molecule has 4 rings (SSSR count). The van der Waals surface area contributed by atoms with E-state index in [4.69, 9.17) is 14.6 Å². The summed E-state index contributed by atoms with van der Waals surface area (Å²) in [5.74, 6) is -2.41. The molecule has 13 heteroatoms. The van der Waals surface area contributed by atoms with Gasteiger partial charge in [0.25, 0.3) is 5.91 Å². The highest BCUT2D eigenvalue weighted by Gasteiger charge is 2.31. The van der Waals surface area contributed by atoms with Crippen LogP contribution in [0.2, 0.25) is 0 Å². The number of hydrogen-bond donors (Lipinski definition) is 1. The van der Waals surface area contributed by atoms with Crippen molar-refractivity contribution < 1.29 is 38.1 Å². The molecule has 2 aliphatic heterocycles. The molecule has 1 saturated heterocycles. The maximum atomic E-state index is 14.9. The summed E-state index contributed by atoms with van der Waals surface area (Å²) in [6.07, 6.45) is 2.22. The number of nitrogens with zero attached hydrogens (tertiary/aromatic N) is 5. The molecule has 2 aliphatic rings. The summed E-state index contributed by atoms with van der Waals surface area (Å²) in [6, 6.07) is 7.96. The topological polar surface area (TPSA) is 142 Å². The molecule has 2 amide bonds. The summed E-state index contributed by atoms with van der Waals surface area (Å²) in [4.78, 5) is 53.7. The summed E-state index contributed by atoms with van der Waals surface area (Å²) in [5, 5.41) is 13.8. The van der Waals surface area contributed by atoms with E-state index in [1.54, 1.807) is 29.2 Å². The van der Waals surface area contributed by atoms with Gasteiger partial charge in [-0.25, -0.2) is 19.2 Å². The zero-order valence-electron chi connectivity index (χ0n) is 20.6. The Balaban J connectivity index is 1.34. The highest BCUT2D eigenvalue weighted by molar-refractivity contribution is 5.90. The van der Waals surface area contributed by atoms with E-state index in [0.29, 0.717) is 42.1 Å². The van der Waals surface area contributed by atoms with Gasteiger partial charge in [0.15, 0.2) is 6.61 Å². The third kappa shape index (κ3) is 6.22. The van der Waals surface area contributed by atoms with Gasteiger partial charge < -0.3 is 19.5 Å². The summed E-state index contributed by atoms with van der Waals surface area (Å²) in [6.45, 7) is 2.33. The molecule has 200 valence electrons. The fourth-order valence-corrected chi connectivity index (χ4v) is 3.87. The highest BCUT2D eigenvalue weighted by Crippen LogP contribution is 2.30. The molecule has 0 spiro atoms. The summed E-state index contributed by atoms with van der Waals surface area (Å²) in [5.41, 5.74) is 1.30. The quantitative estimate of drug-likeness (QED) is 0.487. The van der Waals surface area contributed by atoms with Gasteiger partial charge in [-0.2, -0.15) is 5.10 Å². The summed E-state index contributed by atoms with van der Waals surface area (Å²) in [7, 11) is 0. The van der Waals surface area contributed by atoms with E-state index in [9.17, 15) is 23.6 Å². The van der Waals surface area contributed by atoms with Gasteiger partial charge >= 0.3 is 18.0 Å². The SMILES string of the molecule is CC[C@H]1CN(c2ccc(-c3ccc(N4C=NN(C(=O)COC(=O)CCC(=O)O)CC4)nc3)c(F)c2)C(=O)O1. The van der Waals surface area contributed by atoms with Crippen LogP contribution in [-0.2, 0) is 23.9 Å². The average Bonchev–Trinajstić information content (AvgIpc) is 3.31. The number of aliphatic carboxylic acids is 1. The van der Waals surface area contributed by atoms with Gasteiger partial charge in [0.2, 0.25) is 0 Å². The van der Waals surface area contributed by atoms with Gasteiger partial charge in [-0.1, -0.05) is 6.92 Å². The van der Waals surface area contributed by atoms with Crippen molar-refractivity contribution in [2.45, 2.75) is 32.3 Å². The zero-order chi connectivity index (χ0) is 27.2. The summed E-state index contributed by atoms with van der Waals surface area (Å²) >= 11 is 0. The molecule has 0 unspecified atom stereocenters. The molecule has 0 bridgehead atoms. The lowest BCUT2D eigenvalue weighted by Crippen LogP contribution is -2.42. The van der Waals surface area contributed by atoms with Crippen LogP contribution in [0.3, 0.4) is 0 Å². The zero-order valence-corrected chi connectivity index (χ0v) is 20.6. The van der Waals surface area contributed by atoms with Crippen molar-refractivity contribution >= 4 is 41.8 Å². The van der Waals surface area contributed by atoms with Crippen LogP contribution in [0.15, 0.2) is 41.6 Å². The number of halogens is 1. The Bertz CT molecular complexity index is 1250. The number of carboxylic acid groups (broad SMARTS) is 1. The molecule has 1 aromatic heterocycles. The molecule has 1 atom stereocenters. The first-order valence-corrected chi connectivity index (χ1v) is 12.0. The number of aromatic nitrogens is 1. The molecule has 1 fully saturated rings. The van der Waals surface area contributed by atoms with Gasteiger partial charge in [-0.3, -0.25) is 19.3 Å². The second kappa shape index (κ2) is 11.7. The number of amides is 2. The van der Waals surface area contributed by atoms with Crippen molar-refractivity contribution in [3.05, 3.63) is 42.3 Å². The van der Waals surface area contributed by atoms with E-state index < -0.39 is 36.4 Å². The minimum atomic E-state index is -1.13. The normalized spacial score (nSPS) is 16.9. The number of carbonyl (C=O) groups excluding carboxylic acids is 3. The van der Waals surface area contributed by atoms with Crippen LogP contribution in [0.4, 0.5) is 20.7 Å². The molecule has 0 aliphatic carbocycles. The Morgan fingerprint density at radius 2 is 2.00 bits per heavy atom. The molecule has 38 heavy (non-hydrogen) atoms. The van der Waals surface area contributed by atoms with E-state index >= 15 is 0 Å². The Morgan fingerprint density at radius 1 is 1.18 bits per heavy atom. The number of carbonyl (C=O) groups is 4. The molecule has 12 nitrogen and oxygen atoms in total. The fourth-order valence-electron chi connectivity index (χ4n) is 3.87. The van der Waals surface area contributed by atoms with E-state index in [1.165, 1.54) is 23.5 Å². The van der Waals surface area contributed by atoms with Crippen LogP contribution < -0.4 is 9.80 Å². The minimum Gasteiger partial charge on any atom is -0.481 e. The standard InChI is InChI=1S/C25H26FN5O7/c1-2-18-13-30(25(36)38-18)17-4-5-19(20(26)11-17)16-3-6-21(27-12-16)29-9-10-31(28-15-29)22(32)14-37-24(35)8-7-23(33)34/h3-6,11-12,15,18H,2,7-10,13-14H2,1H3,(H,33,34)/t18-/m0/s1. The van der Waals surface area contributed by atoms with Crippen LogP contribution in [-0.4, -0.2) is 77.7 Å². The van der Waals surface area contributed by atoms with Crippen molar-refractivity contribution in [2.24, 2.45) is 5.10 Å². The van der Waals surface area contributed by atoms with Crippen molar-refractivity contribution in [1.82, 2.24) is 9.99 Å². The van der Waals surface area contributed by atoms with E-state index in [0.717, 1.165) is 5.01 Å². The number of rotatable bonds is 9. The molecule has 1 N–H and O–H groups in total. The second-order valence-electron chi connectivity index (χ2n) is 8.59. The number of anilines is 2. The number of carboxylic acids is 1. The first-order valence-electron chi connectivity index (χ1n) is 12.0. The fraction of sp³-hybridized carbons (Fsp3) is 0.360. The third-order valence-corrected chi connectivity index (χ3v) is 6.02. The lowest BCUT2D eigenvalue weighted by molar-refractivity contribution is -0.153. The predicted octanol–water partition coefficient (Wildman–Crippen LogP) is 2.62. The number of hydrazone groups is 1. The Hall–Kier alpha value is -4.55. The molecule has 2 aromatic rings. The molecular weight excluding hydrogens is 501 g/mol. The van der Waals surface area contributed by atoms with E-state index in [1.807, 2.05) is 6.92 Å². The minimum absolute atomic E-state index is 0.208. The number of ether oxygens (including phenoxy) is 2. The van der Waals surface area contributed by atoms with Gasteiger partial charge in [0, 0.05) is 23.9 Å². The molecule has 3 heterocycles. The lowest BCUT2D eigenvalue weighted by atomic mass is 10.1. The monoisotopic (exact) mass is 527 g/mol. The second-order valence-corrected chi connectivity index (χ2v) is 8.59. The van der Waals surface area contributed by atoms with Gasteiger partial charge in [-0.05, 0) is 36.8 Å². The van der Waals surface area contributed by atoms with Crippen LogP contribution in [0, 0.1) is 5.82 Å². The number of esters is 1. The maximum absolute atomic E-state index is 14.9. The molecule has 0 radical (unpaired) electrons. The summed E-state index contributed by atoms with van der Waals surface area (Å²) < 4.78 is 25.0. The van der Waals surface area contributed by atoms with E-state index in [2.05, 4.69) is 10.1 Å². The Morgan fingerprint density at radius 3 is 2.61 bits per heavy atom. The third-order valence-electron chi connectivity index (χ3n) is 6.02. The molecule has 0 saturated carbocycles. The first-order chi connectivity index (χ1) is 18.2. The van der Waals surface area contributed by atoms with Gasteiger partial charge in [0.1, 0.15) is 24.1 Å². The Kier molecular flexibility index (Phi) is 8.14. The predicted molar refractivity (Wildman–Crippen MR) is 133 cm³/mol. The van der Waals surface area contributed by atoms with Crippen LogP contribution in [0.5, 0.6) is 0 Å².